The van der Waals surface area contributed by atoms with Gasteiger partial charge in [-0.25, -0.2) is 0 Å². The zero-order chi connectivity index (χ0) is 24.8. The third-order valence-electron chi connectivity index (χ3n) is 5.55. The number of para-hydroxylation sites is 1. The van der Waals surface area contributed by atoms with E-state index in [9.17, 15) is 14.7 Å². The van der Waals surface area contributed by atoms with E-state index in [1.165, 1.54) is 19.1 Å². The smallest absolute Gasteiger partial charge is 0.295 e. The average molecular weight is 467 g/mol. The van der Waals surface area contributed by atoms with Crippen LogP contribution < -0.4 is 14.2 Å². The molecule has 2 aromatic rings. The summed E-state index contributed by atoms with van der Waals surface area (Å²) in [5.41, 5.74) is 0.936. The topological polar surface area (TPSA) is 88.5 Å². The standard InChI is InChI=1S/C26H30N2O6/c1-6-16-34-18-12-10-17(11-13-18)23(29)21-22(19-8-7-9-20(32-4)25(19)33-5)28(15-14-27(2)3)26(31)24(21)30/h6-13,22,29H,1,14-16H2,2-5H3/t22-/m1/s1. The van der Waals surface area contributed by atoms with Crippen LogP contribution in [0.2, 0.25) is 0 Å². The number of hydrogen-bond donors (Lipinski definition) is 1. The number of aliphatic hydroxyl groups excluding tert-OH is 1. The van der Waals surface area contributed by atoms with Gasteiger partial charge in [-0.2, -0.15) is 0 Å². The van der Waals surface area contributed by atoms with Gasteiger partial charge in [0.05, 0.1) is 25.8 Å². The molecule has 0 radical (unpaired) electrons. The van der Waals surface area contributed by atoms with Gasteiger partial charge < -0.3 is 29.1 Å². The average Bonchev–Trinajstić information content (AvgIpc) is 3.10. The van der Waals surface area contributed by atoms with Crippen molar-refractivity contribution in [3.05, 3.63) is 71.8 Å². The molecule has 1 atom stereocenters. The van der Waals surface area contributed by atoms with Gasteiger partial charge >= 0.3 is 0 Å². The Morgan fingerprint density at radius 3 is 2.41 bits per heavy atom. The van der Waals surface area contributed by atoms with Crippen LogP contribution in [0.1, 0.15) is 17.2 Å². The quantitative estimate of drug-likeness (QED) is 0.249. The summed E-state index contributed by atoms with van der Waals surface area (Å²) in [4.78, 5) is 29.7. The fourth-order valence-corrected chi connectivity index (χ4v) is 3.89. The van der Waals surface area contributed by atoms with Crippen LogP contribution >= 0.6 is 0 Å². The summed E-state index contributed by atoms with van der Waals surface area (Å²) in [6.45, 7) is 4.78. The number of carbonyl (C=O) groups is 2. The Bertz CT molecular complexity index is 1090. The first-order chi connectivity index (χ1) is 16.3. The van der Waals surface area contributed by atoms with Crippen molar-refractivity contribution < 1.29 is 28.9 Å². The van der Waals surface area contributed by atoms with Crippen LogP contribution in [0.25, 0.3) is 5.76 Å². The van der Waals surface area contributed by atoms with Crippen LogP contribution in [-0.2, 0) is 9.59 Å². The highest BCUT2D eigenvalue weighted by Crippen LogP contribution is 2.45. The number of aliphatic hydroxyl groups is 1. The van der Waals surface area contributed by atoms with Gasteiger partial charge in [-0.1, -0.05) is 24.8 Å². The van der Waals surface area contributed by atoms with E-state index in [4.69, 9.17) is 14.2 Å². The summed E-state index contributed by atoms with van der Waals surface area (Å²) in [5.74, 6) is -0.250. The molecule has 34 heavy (non-hydrogen) atoms. The summed E-state index contributed by atoms with van der Waals surface area (Å²) in [5, 5.41) is 11.2. The predicted octanol–water partition coefficient (Wildman–Crippen LogP) is 3.25. The molecule has 180 valence electrons. The molecule has 3 rings (SSSR count). The summed E-state index contributed by atoms with van der Waals surface area (Å²) in [6.07, 6.45) is 1.63. The molecule has 8 heteroatoms. The Morgan fingerprint density at radius 2 is 1.82 bits per heavy atom. The minimum Gasteiger partial charge on any atom is -0.507 e. The molecule has 0 spiro atoms. The Morgan fingerprint density at radius 1 is 1.12 bits per heavy atom. The number of likely N-dealkylation sites (N-methyl/N-ethyl adjacent to an activating group) is 1. The van der Waals surface area contributed by atoms with E-state index in [-0.39, 0.29) is 17.9 Å². The molecule has 2 aromatic carbocycles. The van der Waals surface area contributed by atoms with Crippen molar-refractivity contribution in [2.45, 2.75) is 6.04 Å². The number of amides is 1. The lowest BCUT2D eigenvalue weighted by Gasteiger charge is -2.28. The van der Waals surface area contributed by atoms with Crippen LogP contribution in [0.5, 0.6) is 17.2 Å². The number of ether oxygens (including phenoxy) is 3. The van der Waals surface area contributed by atoms with E-state index in [2.05, 4.69) is 6.58 Å². The lowest BCUT2D eigenvalue weighted by molar-refractivity contribution is -0.140. The lowest BCUT2D eigenvalue weighted by atomic mass is 9.94. The highest BCUT2D eigenvalue weighted by atomic mass is 16.5. The summed E-state index contributed by atoms with van der Waals surface area (Å²) in [6, 6.07) is 11.1. The van der Waals surface area contributed by atoms with E-state index in [0.29, 0.717) is 41.5 Å². The van der Waals surface area contributed by atoms with Gasteiger partial charge in [0.25, 0.3) is 11.7 Å². The lowest BCUT2D eigenvalue weighted by Crippen LogP contribution is -2.35. The number of hydrogen-bond acceptors (Lipinski definition) is 7. The molecule has 0 aromatic heterocycles. The van der Waals surface area contributed by atoms with Gasteiger partial charge in [0.1, 0.15) is 18.1 Å². The van der Waals surface area contributed by atoms with E-state index >= 15 is 0 Å². The highest BCUT2D eigenvalue weighted by molar-refractivity contribution is 6.46. The van der Waals surface area contributed by atoms with E-state index in [1.807, 2.05) is 19.0 Å². The summed E-state index contributed by atoms with van der Waals surface area (Å²) in [7, 11) is 6.78. The first-order valence-corrected chi connectivity index (χ1v) is 10.8. The zero-order valence-corrected chi connectivity index (χ0v) is 19.9. The third-order valence-corrected chi connectivity index (χ3v) is 5.55. The van der Waals surface area contributed by atoms with Gasteiger partial charge in [-0.3, -0.25) is 9.59 Å². The second kappa shape index (κ2) is 10.9. The highest BCUT2D eigenvalue weighted by Gasteiger charge is 2.47. The third kappa shape index (κ3) is 4.92. The Labute approximate surface area is 199 Å². The second-order valence-corrected chi connectivity index (χ2v) is 8.00. The van der Waals surface area contributed by atoms with Crippen molar-refractivity contribution in [3.8, 4) is 17.2 Å². The first-order valence-electron chi connectivity index (χ1n) is 10.8. The van der Waals surface area contributed by atoms with Gasteiger partial charge in [0.2, 0.25) is 0 Å². The second-order valence-electron chi connectivity index (χ2n) is 8.00. The Kier molecular flexibility index (Phi) is 7.96. The van der Waals surface area contributed by atoms with E-state index < -0.39 is 17.7 Å². The van der Waals surface area contributed by atoms with Gasteiger partial charge in [0.15, 0.2) is 11.5 Å². The first kappa shape index (κ1) is 24.9. The molecular formula is C26H30N2O6. The number of Topliss-reactive ketones (excluding diaryl/α,β-unsaturated/α-hetero) is 1. The Hall–Kier alpha value is -3.78. The molecule has 1 fully saturated rings. The van der Waals surface area contributed by atoms with Crippen LogP contribution in [0, 0.1) is 0 Å². The molecule has 1 heterocycles. The molecule has 0 saturated carbocycles. The molecule has 1 aliphatic rings. The fourth-order valence-electron chi connectivity index (χ4n) is 3.89. The monoisotopic (exact) mass is 466 g/mol. The van der Waals surface area contributed by atoms with Crippen molar-refractivity contribution in [2.75, 3.05) is 48.0 Å². The Balaban J connectivity index is 2.16. The molecular weight excluding hydrogens is 436 g/mol. The summed E-state index contributed by atoms with van der Waals surface area (Å²) >= 11 is 0. The van der Waals surface area contributed by atoms with Crippen LogP contribution in [0.3, 0.4) is 0 Å². The van der Waals surface area contributed by atoms with Crippen LogP contribution in [0.15, 0.2) is 60.7 Å². The molecule has 1 N–H and O–H groups in total. The predicted molar refractivity (Wildman–Crippen MR) is 129 cm³/mol. The van der Waals surface area contributed by atoms with Crippen molar-refractivity contribution in [1.29, 1.82) is 0 Å². The minimum absolute atomic E-state index is 0.00457. The number of carbonyl (C=O) groups excluding carboxylic acids is 2. The van der Waals surface area contributed by atoms with Crippen molar-refractivity contribution in [1.82, 2.24) is 9.80 Å². The molecule has 8 nitrogen and oxygen atoms in total. The molecule has 0 bridgehead atoms. The largest absolute Gasteiger partial charge is 0.507 e. The molecule has 1 amide bonds. The summed E-state index contributed by atoms with van der Waals surface area (Å²) < 4.78 is 16.5. The van der Waals surface area contributed by atoms with E-state index in [0.717, 1.165) is 0 Å². The maximum Gasteiger partial charge on any atom is 0.295 e. The van der Waals surface area contributed by atoms with Gasteiger partial charge in [0, 0.05) is 24.2 Å². The van der Waals surface area contributed by atoms with Crippen molar-refractivity contribution >= 4 is 17.4 Å². The van der Waals surface area contributed by atoms with Crippen LogP contribution in [0.4, 0.5) is 0 Å². The van der Waals surface area contributed by atoms with Gasteiger partial charge in [-0.15, -0.1) is 0 Å². The fraction of sp³-hybridized carbons (Fsp3) is 0.308. The van der Waals surface area contributed by atoms with Crippen molar-refractivity contribution in [3.63, 3.8) is 0 Å². The normalized spacial score (nSPS) is 17.2. The molecule has 0 unspecified atom stereocenters. The molecule has 1 saturated heterocycles. The number of nitrogens with zero attached hydrogens (tertiary/aromatic N) is 2. The number of rotatable bonds is 10. The number of methoxy groups -OCH3 is 2. The number of benzene rings is 2. The number of likely N-dealkylation sites (tertiary alicyclic amines) is 1. The van der Waals surface area contributed by atoms with E-state index in [1.54, 1.807) is 48.5 Å². The maximum absolute atomic E-state index is 13.2. The zero-order valence-electron chi connectivity index (χ0n) is 19.9. The minimum atomic E-state index is -0.846. The van der Waals surface area contributed by atoms with Crippen molar-refractivity contribution in [2.24, 2.45) is 0 Å². The SMILES string of the molecule is C=CCOc1ccc(C(O)=C2C(=O)C(=O)N(CCN(C)C)[C@@H]2c2cccc(OC)c2OC)cc1. The van der Waals surface area contributed by atoms with Gasteiger partial charge in [-0.05, 0) is 44.4 Å². The number of ketones is 1. The molecule has 0 aliphatic carbocycles. The maximum atomic E-state index is 13.2. The van der Waals surface area contributed by atoms with Crippen LogP contribution in [-0.4, -0.2) is 74.6 Å². The molecule has 1 aliphatic heterocycles.